The van der Waals surface area contributed by atoms with Crippen LogP contribution in [0.3, 0.4) is 0 Å². The first-order chi connectivity index (χ1) is 12.9. The molecule has 5 heterocycles. The largest absolute Gasteiger partial charge is 0.367 e. The van der Waals surface area contributed by atoms with Crippen LogP contribution in [0.5, 0.6) is 0 Å². The molecule has 6 nitrogen and oxygen atoms in total. The molecule has 7 heteroatoms. The maximum absolute atomic E-state index is 4.70. The predicted octanol–water partition coefficient (Wildman–Crippen LogP) is 2.70. The molecule has 26 heavy (non-hydrogen) atoms. The van der Waals surface area contributed by atoms with Crippen LogP contribution in [0.25, 0.3) is 0 Å². The molecule has 1 unspecified atom stereocenters. The molecule has 0 bridgehead atoms. The summed E-state index contributed by atoms with van der Waals surface area (Å²) in [6.45, 7) is 6.37. The molecule has 0 saturated carbocycles. The van der Waals surface area contributed by atoms with Crippen molar-refractivity contribution in [3.05, 3.63) is 36.2 Å². The Balaban J connectivity index is 1.30. The minimum absolute atomic E-state index is 0.213. The second kappa shape index (κ2) is 6.96. The van der Waals surface area contributed by atoms with Crippen LogP contribution in [0.1, 0.15) is 23.8 Å². The third-order valence-corrected chi connectivity index (χ3v) is 6.54. The average Bonchev–Trinajstić information content (AvgIpc) is 3.38. The van der Waals surface area contributed by atoms with Crippen molar-refractivity contribution in [1.82, 2.24) is 15.3 Å². The summed E-state index contributed by atoms with van der Waals surface area (Å²) in [5.41, 5.74) is 2.35. The SMILES string of the molecule is c1cc(N2CCCC2)ncc1C1Nc2cnc(N3CCNCC3)cc2S1. The van der Waals surface area contributed by atoms with Crippen molar-refractivity contribution in [3.63, 3.8) is 0 Å². The highest BCUT2D eigenvalue weighted by molar-refractivity contribution is 8.00. The van der Waals surface area contributed by atoms with Gasteiger partial charge in [0.1, 0.15) is 17.0 Å². The molecule has 0 amide bonds. The lowest BCUT2D eigenvalue weighted by atomic mass is 10.2. The zero-order valence-corrected chi connectivity index (χ0v) is 15.6. The van der Waals surface area contributed by atoms with E-state index in [4.69, 9.17) is 4.98 Å². The highest BCUT2D eigenvalue weighted by Gasteiger charge is 2.25. The third-order valence-electron chi connectivity index (χ3n) is 5.33. The molecule has 0 radical (unpaired) electrons. The molecular weight excluding hydrogens is 344 g/mol. The maximum Gasteiger partial charge on any atom is 0.129 e. The quantitative estimate of drug-likeness (QED) is 0.864. The topological polar surface area (TPSA) is 56.3 Å². The fourth-order valence-corrected chi connectivity index (χ4v) is 4.96. The van der Waals surface area contributed by atoms with Gasteiger partial charge in [-0.3, -0.25) is 0 Å². The van der Waals surface area contributed by atoms with Gasteiger partial charge in [-0.15, -0.1) is 0 Å². The van der Waals surface area contributed by atoms with E-state index in [0.29, 0.717) is 0 Å². The Morgan fingerprint density at radius 2 is 1.69 bits per heavy atom. The number of fused-ring (bicyclic) bond motifs is 1. The summed E-state index contributed by atoms with van der Waals surface area (Å²) in [4.78, 5) is 15.4. The first-order valence-electron chi connectivity index (χ1n) is 9.47. The van der Waals surface area contributed by atoms with E-state index < -0.39 is 0 Å². The van der Waals surface area contributed by atoms with Gasteiger partial charge < -0.3 is 20.4 Å². The standard InChI is InChI=1S/C19H24N6S/c1-2-8-24(7-1)17-4-3-14(12-21-17)19-23-15-13-22-18(11-16(15)26-19)25-9-5-20-6-10-25/h3-4,11-13,19-20,23H,1-2,5-10H2. The third kappa shape index (κ3) is 3.10. The maximum atomic E-state index is 4.70. The highest BCUT2D eigenvalue weighted by Crippen LogP contribution is 2.47. The Morgan fingerprint density at radius 3 is 2.46 bits per heavy atom. The monoisotopic (exact) mass is 368 g/mol. The predicted molar refractivity (Wildman–Crippen MR) is 107 cm³/mol. The van der Waals surface area contributed by atoms with E-state index in [0.717, 1.165) is 56.6 Å². The van der Waals surface area contributed by atoms with Crippen molar-refractivity contribution in [2.75, 3.05) is 54.4 Å². The summed E-state index contributed by atoms with van der Waals surface area (Å²) in [7, 11) is 0. The van der Waals surface area contributed by atoms with Crippen LogP contribution in [0.4, 0.5) is 17.3 Å². The number of aromatic nitrogens is 2. The summed E-state index contributed by atoms with van der Waals surface area (Å²) >= 11 is 1.86. The molecule has 2 aromatic heterocycles. The number of nitrogens with zero attached hydrogens (tertiary/aromatic N) is 4. The van der Waals surface area contributed by atoms with E-state index in [9.17, 15) is 0 Å². The zero-order valence-electron chi connectivity index (χ0n) is 14.8. The van der Waals surface area contributed by atoms with Gasteiger partial charge in [0.15, 0.2) is 0 Å². The van der Waals surface area contributed by atoms with Gasteiger partial charge in [-0.1, -0.05) is 17.8 Å². The molecule has 2 N–H and O–H groups in total. The molecule has 3 aliphatic rings. The minimum Gasteiger partial charge on any atom is -0.367 e. The number of pyridine rings is 2. The molecule has 1 atom stereocenters. The van der Waals surface area contributed by atoms with Gasteiger partial charge in [0, 0.05) is 55.9 Å². The molecule has 136 valence electrons. The number of hydrogen-bond donors (Lipinski definition) is 2. The van der Waals surface area contributed by atoms with Crippen molar-refractivity contribution >= 4 is 29.1 Å². The lowest BCUT2D eigenvalue weighted by molar-refractivity contribution is 0.584. The lowest BCUT2D eigenvalue weighted by Crippen LogP contribution is -2.43. The summed E-state index contributed by atoms with van der Waals surface area (Å²) in [5, 5.41) is 7.19. The van der Waals surface area contributed by atoms with Gasteiger partial charge in [0.05, 0.1) is 11.9 Å². The average molecular weight is 369 g/mol. The van der Waals surface area contributed by atoms with E-state index in [2.05, 4.69) is 43.6 Å². The molecule has 2 saturated heterocycles. The van der Waals surface area contributed by atoms with Gasteiger partial charge in [0.2, 0.25) is 0 Å². The summed E-state index contributed by atoms with van der Waals surface area (Å²) < 4.78 is 0. The number of nitrogens with one attached hydrogen (secondary N) is 2. The summed E-state index contributed by atoms with van der Waals surface area (Å²) in [6.07, 6.45) is 6.56. The highest BCUT2D eigenvalue weighted by atomic mass is 32.2. The van der Waals surface area contributed by atoms with Crippen LogP contribution in [0.2, 0.25) is 0 Å². The molecule has 5 rings (SSSR count). The molecule has 3 aliphatic heterocycles. The number of anilines is 3. The number of thioether (sulfide) groups is 1. The van der Waals surface area contributed by atoms with Crippen molar-refractivity contribution in [1.29, 1.82) is 0 Å². The van der Waals surface area contributed by atoms with Crippen molar-refractivity contribution in [2.24, 2.45) is 0 Å². The lowest BCUT2D eigenvalue weighted by Gasteiger charge is -2.28. The molecule has 0 aliphatic carbocycles. The van der Waals surface area contributed by atoms with Crippen molar-refractivity contribution in [2.45, 2.75) is 23.1 Å². The normalized spacial score (nSPS) is 22.4. The van der Waals surface area contributed by atoms with Crippen LogP contribution in [0.15, 0.2) is 35.5 Å². The Morgan fingerprint density at radius 1 is 0.923 bits per heavy atom. The zero-order chi connectivity index (χ0) is 17.3. The van der Waals surface area contributed by atoms with E-state index in [-0.39, 0.29) is 5.37 Å². The van der Waals surface area contributed by atoms with Gasteiger partial charge in [-0.05, 0) is 25.0 Å². The first kappa shape index (κ1) is 16.2. The number of rotatable bonds is 3. The van der Waals surface area contributed by atoms with Crippen LogP contribution in [0, 0.1) is 0 Å². The van der Waals surface area contributed by atoms with Gasteiger partial charge in [0.25, 0.3) is 0 Å². The Labute approximate surface area is 158 Å². The molecule has 0 aromatic carbocycles. The van der Waals surface area contributed by atoms with Crippen LogP contribution < -0.4 is 20.4 Å². The molecular formula is C19H24N6S. The number of piperazine rings is 1. The Kier molecular flexibility index (Phi) is 4.34. The van der Waals surface area contributed by atoms with Crippen LogP contribution >= 0.6 is 11.8 Å². The van der Waals surface area contributed by atoms with Gasteiger partial charge in [-0.25, -0.2) is 9.97 Å². The molecule has 2 fully saturated rings. The van der Waals surface area contributed by atoms with Crippen molar-refractivity contribution < 1.29 is 0 Å². The van der Waals surface area contributed by atoms with E-state index in [1.165, 1.54) is 23.3 Å². The first-order valence-corrected chi connectivity index (χ1v) is 10.3. The van der Waals surface area contributed by atoms with E-state index in [1.807, 2.05) is 24.2 Å². The van der Waals surface area contributed by atoms with E-state index in [1.54, 1.807) is 0 Å². The number of hydrogen-bond acceptors (Lipinski definition) is 7. The second-order valence-electron chi connectivity index (χ2n) is 7.06. The van der Waals surface area contributed by atoms with Crippen LogP contribution in [-0.4, -0.2) is 49.2 Å². The Hall–Kier alpha value is -1.99. The molecule has 0 spiro atoms. The molecule has 2 aromatic rings. The smallest absolute Gasteiger partial charge is 0.129 e. The fourth-order valence-electron chi connectivity index (χ4n) is 3.83. The minimum atomic E-state index is 0.213. The Bertz CT molecular complexity index is 768. The van der Waals surface area contributed by atoms with Gasteiger partial charge in [-0.2, -0.15) is 0 Å². The van der Waals surface area contributed by atoms with E-state index >= 15 is 0 Å². The van der Waals surface area contributed by atoms with Crippen LogP contribution in [-0.2, 0) is 0 Å². The second-order valence-corrected chi connectivity index (χ2v) is 8.21. The summed E-state index contributed by atoms with van der Waals surface area (Å²) in [5.74, 6) is 2.19. The van der Waals surface area contributed by atoms with Gasteiger partial charge >= 0.3 is 0 Å². The fraction of sp³-hybridized carbons (Fsp3) is 0.474. The summed E-state index contributed by atoms with van der Waals surface area (Å²) in [6, 6.07) is 6.60. The van der Waals surface area contributed by atoms with Crippen molar-refractivity contribution in [3.8, 4) is 0 Å².